The molecule has 1 rings (SSSR count). The van der Waals surface area contributed by atoms with Crippen LogP contribution >= 0.6 is 47.1 Å². The molecular weight excluding hydrogens is 403 g/mol. The van der Waals surface area contributed by atoms with Crippen LogP contribution in [0.5, 0.6) is 0 Å². The van der Waals surface area contributed by atoms with E-state index in [4.69, 9.17) is 0 Å². The van der Waals surface area contributed by atoms with Gasteiger partial charge in [-0.2, -0.15) is 11.8 Å². The third-order valence-corrected chi connectivity index (χ3v) is 4.45. The zero-order chi connectivity index (χ0) is 14.1. The lowest BCUT2D eigenvalue weighted by molar-refractivity contribution is 0.836. The Hall–Kier alpha value is -0.280. The number of hydrogen-bond donors (Lipinski definition) is 2. The van der Waals surface area contributed by atoms with E-state index in [1.54, 1.807) is 18.4 Å². The van der Waals surface area contributed by atoms with Gasteiger partial charge < -0.3 is 10.6 Å². The highest BCUT2D eigenvalue weighted by atomic mass is 127. The first-order valence-corrected chi connectivity index (χ1v) is 8.20. The molecule has 0 saturated carbocycles. The predicted octanol–water partition coefficient (Wildman–Crippen LogP) is 2.96. The number of hydrogen-bond acceptors (Lipinski definition) is 4. The lowest BCUT2D eigenvalue weighted by atomic mass is 10.4. The summed E-state index contributed by atoms with van der Waals surface area (Å²) in [7, 11) is 1.79. The Morgan fingerprint density at radius 2 is 2.20 bits per heavy atom. The zero-order valence-electron chi connectivity index (χ0n) is 12.2. The van der Waals surface area contributed by atoms with E-state index in [-0.39, 0.29) is 24.0 Å². The van der Waals surface area contributed by atoms with Crippen LogP contribution in [0.1, 0.15) is 15.6 Å². The number of guanidine groups is 1. The quantitative estimate of drug-likeness (QED) is 0.232. The number of rotatable bonds is 7. The first-order valence-electron chi connectivity index (χ1n) is 6.23. The summed E-state index contributed by atoms with van der Waals surface area (Å²) in [6, 6.07) is 0. The van der Waals surface area contributed by atoms with Crippen LogP contribution in [0, 0.1) is 13.8 Å². The minimum Gasteiger partial charge on any atom is -0.356 e. The van der Waals surface area contributed by atoms with E-state index < -0.39 is 0 Å². The van der Waals surface area contributed by atoms with E-state index in [2.05, 4.69) is 27.2 Å². The maximum absolute atomic E-state index is 4.42. The molecule has 0 amide bonds. The van der Waals surface area contributed by atoms with Crippen LogP contribution in [-0.4, -0.2) is 36.0 Å². The smallest absolute Gasteiger partial charge is 0.191 e. The molecule has 114 valence electrons. The molecule has 0 aromatic carbocycles. The van der Waals surface area contributed by atoms with Gasteiger partial charge >= 0.3 is 0 Å². The van der Waals surface area contributed by atoms with Crippen molar-refractivity contribution >= 4 is 53.0 Å². The summed E-state index contributed by atoms with van der Waals surface area (Å²) in [4.78, 5) is 9.89. The van der Waals surface area contributed by atoms with Gasteiger partial charge in [0, 0.05) is 30.0 Å². The Bertz CT molecular complexity index is 432. The van der Waals surface area contributed by atoms with Gasteiger partial charge in [-0.1, -0.05) is 6.08 Å². The van der Waals surface area contributed by atoms with Gasteiger partial charge in [0.25, 0.3) is 0 Å². The Balaban J connectivity index is 0.00000361. The first-order chi connectivity index (χ1) is 9.17. The van der Waals surface area contributed by atoms with Crippen LogP contribution in [0.2, 0.25) is 0 Å². The normalized spacial score (nSPS) is 10.8. The summed E-state index contributed by atoms with van der Waals surface area (Å²) in [6.07, 6.45) is 1.92. The fourth-order valence-electron chi connectivity index (χ4n) is 1.53. The van der Waals surface area contributed by atoms with Crippen molar-refractivity contribution < 1.29 is 0 Å². The third kappa shape index (κ3) is 7.49. The van der Waals surface area contributed by atoms with Crippen LogP contribution in [0.4, 0.5) is 0 Å². The van der Waals surface area contributed by atoms with Crippen molar-refractivity contribution in [2.45, 2.75) is 20.4 Å². The third-order valence-electron chi connectivity index (χ3n) is 2.41. The Morgan fingerprint density at radius 1 is 1.45 bits per heavy atom. The van der Waals surface area contributed by atoms with E-state index >= 15 is 0 Å². The predicted molar refractivity (Wildman–Crippen MR) is 103 cm³/mol. The number of thioether (sulfide) groups is 1. The standard InChI is InChI=1S/C13H22N4S2.HI/c1-5-7-18-8-6-15-13(14-4)16-9-12-10(2)17-11(3)19-12;/h5H,1,6-9H2,2-4H3,(H2,14,15,16);1H. The average molecular weight is 426 g/mol. The minimum atomic E-state index is 0. The molecular formula is C13H23IN4S2. The van der Waals surface area contributed by atoms with Crippen molar-refractivity contribution in [1.29, 1.82) is 0 Å². The van der Waals surface area contributed by atoms with Crippen molar-refractivity contribution in [1.82, 2.24) is 15.6 Å². The number of thiazole rings is 1. The van der Waals surface area contributed by atoms with Crippen LogP contribution in [0.25, 0.3) is 0 Å². The molecule has 0 saturated heterocycles. The molecule has 1 aromatic rings. The number of aromatic nitrogens is 1. The lowest BCUT2D eigenvalue weighted by Gasteiger charge is -2.10. The van der Waals surface area contributed by atoms with Gasteiger partial charge in [-0.3, -0.25) is 4.99 Å². The fourth-order valence-corrected chi connectivity index (χ4v) is 2.99. The average Bonchev–Trinajstić information content (AvgIpc) is 2.71. The van der Waals surface area contributed by atoms with Gasteiger partial charge in [-0.25, -0.2) is 4.98 Å². The summed E-state index contributed by atoms with van der Waals surface area (Å²) in [5.41, 5.74) is 1.10. The molecule has 0 aliphatic carbocycles. The molecule has 0 fully saturated rings. The topological polar surface area (TPSA) is 49.3 Å². The number of halogens is 1. The fraction of sp³-hybridized carbons (Fsp3) is 0.538. The van der Waals surface area contributed by atoms with E-state index in [0.717, 1.165) is 41.3 Å². The Morgan fingerprint density at radius 3 is 2.75 bits per heavy atom. The number of nitrogens with zero attached hydrogens (tertiary/aromatic N) is 2. The molecule has 0 aliphatic heterocycles. The van der Waals surface area contributed by atoms with Gasteiger partial charge in [0.2, 0.25) is 0 Å². The van der Waals surface area contributed by atoms with E-state index in [1.165, 1.54) is 4.88 Å². The largest absolute Gasteiger partial charge is 0.356 e. The van der Waals surface area contributed by atoms with Crippen molar-refractivity contribution in [3.63, 3.8) is 0 Å². The van der Waals surface area contributed by atoms with E-state index in [9.17, 15) is 0 Å². The lowest BCUT2D eigenvalue weighted by Crippen LogP contribution is -2.37. The maximum atomic E-state index is 4.42. The highest BCUT2D eigenvalue weighted by Crippen LogP contribution is 2.16. The molecule has 2 N–H and O–H groups in total. The minimum absolute atomic E-state index is 0. The van der Waals surface area contributed by atoms with Gasteiger partial charge in [0.05, 0.1) is 17.2 Å². The number of aryl methyl sites for hydroxylation is 2. The second kappa shape index (κ2) is 11.4. The molecule has 4 nitrogen and oxygen atoms in total. The van der Waals surface area contributed by atoms with Gasteiger partial charge in [-0.15, -0.1) is 41.9 Å². The summed E-state index contributed by atoms with van der Waals surface area (Å²) in [6.45, 7) is 9.45. The summed E-state index contributed by atoms with van der Waals surface area (Å²) in [5, 5.41) is 7.71. The highest BCUT2D eigenvalue weighted by molar-refractivity contribution is 14.0. The van der Waals surface area contributed by atoms with Crippen molar-refractivity contribution in [2.24, 2.45) is 4.99 Å². The highest BCUT2D eigenvalue weighted by Gasteiger charge is 2.05. The Labute approximate surface area is 147 Å². The van der Waals surface area contributed by atoms with Gasteiger partial charge in [0.1, 0.15) is 0 Å². The number of aliphatic imine (C=N–C) groups is 1. The molecule has 0 spiro atoms. The van der Waals surface area contributed by atoms with E-state index in [1.807, 2.05) is 31.7 Å². The SMILES string of the molecule is C=CCSCCNC(=NC)NCc1sc(C)nc1C.I. The molecule has 7 heteroatoms. The maximum Gasteiger partial charge on any atom is 0.191 e. The van der Waals surface area contributed by atoms with Crippen LogP contribution < -0.4 is 10.6 Å². The zero-order valence-corrected chi connectivity index (χ0v) is 16.2. The number of nitrogens with one attached hydrogen (secondary N) is 2. The second-order valence-electron chi connectivity index (χ2n) is 3.96. The Kier molecular flexibility index (Phi) is 11.2. The van der Waals surface area contributed by atoms with Crippen molar-refractivity contribution in [2.75, 3.05) is 25.1 Å². The first kappa shape index (κ1) is 19.7. The molecule has 0 bridgehead atoms. The molecule has 0 atom stereocenters. The molecule has 1 heterocycles. The van der Waals surface area contributed by atoms with Crippen LogP contribution in [0.3, 0.4) is 0 Å². The van der Waals surface area contributed by atoms with Crippen LogP contribution in [0.15, 0.2) is 17.6 Å². The summed E-state index contributed by atoms with van der Waals surface area (Å²) < 4.78 is 0. The second-order valence-corrected chi connectivity index (χ2v) is 6.40. The van der Waals surface area contributed by atoms with Crippen LogP contribution in [-0.2, 0) is 6.54 Å². The summed E-state index contributed by atoms with van der Waals surface area (Å²) in [5.74, 6) is 2.88. The monoisotopic (exact) mass is 426 g/mol. The van der Waals surface area contributed by atoms with Gasteiger partial charge in [-0.05, 0) is 13.8 Å². The molecule has 0 unspecified atom stereocenters. The molecule has 0 aliphatic rings. The molecule has 0 radical (unpaired) electrons. The van der Waals surface area contributed by atoms with Crippen molar-refractivity contribution in [3.05, 3.63) is 28.2 Å². The van der Waals surface area contributed by atoms with Gasteiger partial charge in [0.15, 0.2) is 5.96 Å². The molecule has 1 aromatic heterocycles. The molecule has 20 heavy (non-hydrogen) atoms. The van der Waals surface area contributed by atoms with Crippen molar-refractivity contribution in [3.8, 4) is 0 Å². The van der Waals surface area contributed by atoms with E-state index in [0.29, 0.717) is 0 Å². The summed E-state index contributed by atoms with van der Waals surface area (Å²) >= 11 is 3.58.